The molecule has 0 aliphatic heterocycles. The minimum absolute atomic E-state index is 0.248. The zero-order valence-electron chi connectivity index (χ0n) is 10.6. The number of nitrogens with two attached hydrogens (primary N) is 1. The summed E-state index contributed by atoms with van der Waals surface area (Å²) in [5.74, 6) is 1.04. The van der Waals surface area contributed by atoms with Gasteiger partial charge in [-0.1, -0.05) is 26.3 Å². The Morgan fingerprint density at radius 2 is 2.18 bits per heavy atom. The molecule has 1 unspecified atom stereocenters. The van der Waals surface area contributed by atoms with E-state index in [2.05, 4.69) is 31.0 Å². The Kier molecular flexibility index (Phi) is 3.79. The molecule has 0 saturated carbocycles. The van der Waals surface area contributed by atoms with Gasteiger partial charge in [0.05, 0.1) is 0 Å². The molecule has 3 nitrogen and oxygen atoms in total. The Labute approximate surface area is 102 Å². The molecule has 0 saturated heterocycles. The van der Waals surface area contributed by atoms with E-state index in [0.717, 1.165) is 36.3 Å². The number of nitrogens with zero attached hydrogens (tertiary/aromatic N) is 1. The van der Waals surface area contributed by atoms with Crippen molar-refractivity contribution in [1.82, 2.24) is 4.98 Å². The van der Waals surface area contributed by atoms with E-state index in [1.54, 1.807) is 0 Å². The lowest BCUT2D eigenvalue weighted by Gasteiger charge is -2.07. The van der Waals surface area contributed by atoms with Crippen molar-refractivity contribution in [2.24, 2.45) is 5.73 Å². The van der Waals surface area contributed by atoms with Crippen LogP contribution in [0, 0.1) is 0 Å². The topological polar surface area (TPSA) is 52.0 Å². The second-order valence-electron chi connectivity index (χ2n) is 4.43. The van der Waals surface area contributed by atoms with Crippen LogP contribution in [0.1, 0.15) is 44.1 Å². The molecule has 17 heavy (non-hydrogen) atoms. The highest BCUT2D eigenvalue weighted by Crippen LogP contribution is 2.25. The molecular weight excluding hydrogens is 212 g/mol. The van der Waals surface area contributed by atoms with Gasteiger partial charge in [-0.3, -0.25) is 0 Å². The van der Waals surface area contributed by atoms with Crippen LogP contribution in [0.3, 0.4) is 0 Å². The summed E-state index contributed by atoms with van der Waals surface area (Å²) in [4.78, 5) is 4.56. The van der Waals surface area contributed by atoms with E-state index in [-0.39, 0.29) is 5.92 Å². The molecule has 1 aromatic carbocycles. The molecule has 1 atom stereocenters. The van der Waals surface area contributed by atoms with Gasteiger partial charge < -0.3 is 10.2 Å². The summed E-state index contributed by atoms with van der Waals surface area (Å²) in [7, 11) is 0. The number of oxazole rings is 1. The van der Waals surface area contributed by atoms with Crippen molar-refractivity contribution >= 4 is 11.1 Å². The maximum atomic E-state index is 5.78. The van der Waals surface area contributed by atoms with Crippen LogP contribution in [-0.4, -0.2) is 11.5 Å². The highest BCUT2D eigenvalue weighted by Gasteiger charge is 2.15. The molecule has 1 aromatic heterocycles. The fourth-order valence-corrected chi connectivity index (χ4v) is 2.08. The standard InChI is InChI=1S/C14H20N2O/c1-3-5-11(9-15)14-16-12-8-10(4-2)6-7-13(12)17-14/h6-8,11H,3-5,9,15H2,1-2H3. The van der Waals surface area contributed by atoms with Gasteiger partial charge in [-0.05, 0) is 30.5 Å². The first-order valence-electron chi connectivity index (χ1n) is 6.37. The normalized spacial score (nSPS) is 13.1. The van der Waals surface area contributed by atoms with E-state index in [4.69, 9.17) is 10.2 Å². The van der Waals surface area contributed by atoms with E-state index >= 15 is 0 Å². The van der Waals surface area contributed by atoms with Crippen LogP contribution in [0.4, 0.5) is 0 Å². The molecule has 2 N–H and O–H groups in total. The molecule has 0 aliphatic rings. The summed E-state index contributed by atoms with van der Waals surface area (Å²) in [5.41, 5.74) is 8.88. The van der Waals surface area contributed by atoms with E-state index in [9.17, 15) is 0 Å². The van der Waals surface area contributed by atoms with Gasteiger partial charge in [0.2, 0.25) is 0 Å². The van der Waals surface area contributed by atoms with Gasteiger partial charge in [-0.15, -0.1) is 0 Å². The van der Waals surface area contributed by atoms with Crippen LogP contribution < -0.4 is 5.73 Å². The Morgan fingerprint density at radius 1 is 1.35 bits per heavy atom. The highest BCUT2D eigenvalue weighted by atomic mass is 16.3. The summed E-state index contributed by atoms with van der Waals surface area (Å²) in [6.45, 7) is 4.89. The predicted octanol–water partition coefficient (Wildman–Crippen LogP) is 3.23. The van der Waals surface area contributed by atoms with Crippen molar-refractivity contribution in [2.45, 2.75) is 39.0 Å². The summed E-state index contributed by atoms with van der Waals surface area (Å²) in [6.07, 6.45) is 3.15. The lowest BCUT2D eigenvalue weighted by Crippen LogP contribution is -2.12. The second kappa shape index (κ2) is 5.32. The van der Waals surface area contributed by atoms with Gasteiger partial charge in [-0.25, -0.2) is 4.98 Å². The predicted molar refractivity (Wildman–Crippen MR) is 70.1 cm³/mol. The zero-order chi connectivity index (χ0) is 12.3. The minimum atomic E-state index is 0.248. The first-order valence-corrected chi connectivity index (χ1v) is 6.37. The quantitative estimate of drug-likeness (QED) is 0.861. The molecule has 1 heterocycles. The largest absolute Gasteiger partial charge is 0.440 e. The number of rotatable bonds is 5. The zero-order valence-corrected chi connectivity index (χ0v) is 10.6. The number of fused-ring (bicyclic) bond motifs is 1. The average molecular weight is 232 g/mol. The van der Waals surface area contributed by atoms with Crippen molar-refractivity contribution in [2.75, 3.05) is 6.54 Å². The number of hydrogen-bond acceptors (Lipinski definition) is 3. The number of benzene rings is 1. The van der Waals surface area contributed by atoms with Crippen molar-refractivity contribution in [3.8, 4) is 0 Å². The van der Waals surface area contributed by atoms with Gasteiger partial charge in [0.1, 0.15) is 5.52 Å². The Bertz CT molecular complexity index is 490. The van der Waals surface area contributed by atoms with Crippen LogP contribution in [0.5, 0.6) is 0 Å². The second-order valence-corrected chi connectivity index (χ2v) is 4.43. The molecule has 92 valence electrons. The van der Waals surface area contributed by atoms with E-state index in [1.165, 1.54) is 5.56 Å². The average Bonchev–Trinajstić information content (AvgIpc) is 2.78. The van der Waals surface area contributed by atoms with Crippen molar-refractivity contribution in [3.63, 3.8) is 0 Å². The lowest BCUT2D eigenvalue weighted by molar-refractivity contribution is 0.453. The molecule has 0 spiro atoms. The Morgan fingerprint density at radius 3 is 2.82 bits per heavy atom. The first kappa shape index (κ1) is 12.1. The van der Waals surface area contributed by atoms with Crippen molar-refractivity contribution in [3.05, 3.63) is 29.7 Å². The summed E-state index contributed by atoms with van der Waals surface area (Å²) in [6, 6.07) is 6.20. The summed E-state index contributed by atoms with van der Waals surface area (Å²) >= 11 is 0. The van der Waals surface area contributed by atoms with E-state index < -0.39 is 0 Å². The highest BCUT2D eigenvalue weighted by molar-refractivity contribution is 5.73. The molecule has 0 fully saturated rings. The third-order valence-corrected chi connectivity index (χ3v) is 3.15. The molecule has 0 bridgehead atoms. The molecule has 0 radical (unpaired) electrons. The van der Waals surface area contributed by atoms with Gasteiger partial charge >= 0.3 is 0 Å². The number of aryl methyl sites for hydroxylation is 1. The first-order chi connectivity index (χ1) is 8.28. The van der Waals surface area contributed by atoms with E-state index in [0.29, 0.717) is 6.54 Å². The van der Waals surface area contributed by atoms with Crippen molar-refractivity contribution in [1.29, 1.82) is 0 Å². The monoisotopic (exact) mass is 232 g/mol. The third-order valence-electron chi connectivity index (χ3n) is 3.15. The maximum absolute atomic E-state index is 5.78. The lowest BCUT2D eigenvalue weighted by atomic mass is 10.0. The molecule has 2 aromatic rings. The third kappa shape index (κ3) is 2.50. The Hall–Kier alpha value is -1.35. The number of aromatic nitrogens is 1. The summed E-state index contributed by atoms with van der Waals surface area (Å²) < 4.78 is 5.78. The summed E-state index contributed by atoms with van der Waals surface area (Å²) in [5, 5.41) is 0. The molecule has 0 amide bonds. The Balaban J connectivity index is 2.36. The van der Waals surface area contributed by atoms with Gasteiger partial charge in [0.15, 0.2) is 11.5 Å². The van der Waals surface area contributed by atoms with Crippen LogP contribution in [-0.2, 0) is 6.42 Å². The fraction of sp³-hybridized carbons (Fsp3) is 0.500. The minimum Gasteiger partial charge on any atom is -0.440 e. The number of hydrogen-bond donors (Lipinski definition) is 1. The van der Waals surface area contributed by atoms with Crippen molar-refractivity contribution < 1.29 is 4.42 Å². The molecule has 3 heteroatoms. The van der Waals surface area contributed by atoms with E-state index in [1.807, 2.05) is 6.07 Å². The van der Waals surface area contributed by atoms with Crippen LogP contribution >= 0.6 is 0 Å². The van der Waals surface area contributed by atoms with Gasteiger partial charge in [0.25, 0.3) is 0 Å². The van der Waals surface area contributed by atoms with Gasteiger partial charge in [0, 0.05) is 12.5 Å². The SMILES string of the molecule is CCCC(CN)c1nc2cc(CC)ccc2o1. The molecular formula is C14H20N2O. The van der Waals surface area contributed by atoms with Crippen LogP contribution in [0.2, 0.25) is 0 Å². The smallest absolute Gasteiger partial charge is 0.199 e. The van der Waals surface area contributed by atoms with Gasteiger partial charge in [-0.2, -0.15) is 0 Å². The van der Waals surface area contributed by atoms with Crippen LogP contribution in [0.15, 0.2) is 22.6 Å². The molecule has 0 aliphatic carbocycles. The molecule has 2 rings (SSSR count). The fourth-order valence-electron chi connectivity index (χ4n) is 2.08. The van der Waals surface area contributed by atoms with Crippen LogP contribution in [0.25, 0.3) is 11.1 Å². The maximum Gasteiger partial charge on any atom is 0.199 e.